The molecule has 10 nitrogen and oxygen atoms in total. The van der Waals surface area contributed by atoms with Gasteiger partial charge in [-0.2, -0.15) is 0 Å². The number of rotatable bonds is 5. The third-order valence-corrected chi connectivity index (χ3v) is 3.90. The fourth-order valence-corrected chi connectivity index (χ4v) is 2.67. The Balaban J connectivity index is 2.01. The number of carboxylic acids is 1. The first-order chi connectivity index (χ1) is 10.2. The molecule has 1 saturated heterocycles. The van der Waals surface area contributed by atoms with Crippen LogP contribution >= 0.6 is 7.82 Å². The highest BCUT2D eigenvalue weighted by Crippen LogP contribution is 2.36. The van der Waals surface area contributed by atoms with E-state index in [2.05, 4.69) is 4.52 Å². The van der Waals surface area contributed by atoms with E-state index >= 15 is 0 Å². The Bertz CT molecular complexity index is 542. The summed E-state index contributed by atoms with van der Waals surface area (Å²) in [6.45, 7) is -0.566. The summed E-state index contributed by atoms with van der Waals surface area (Å²) in [4.78, 5) is 28.7. The number of hydrogen-bond acceptors (Lipinski definition) is 6. The minimum absolute atomic E-state index is 0.0341. The Morgan fingerprint density at radius 3 is 2.68 bits per heavy atom. The second kappa shape index (κ2) is 6.57. The molecule has 2 aliphatic heterocycles. The number of aliphatic carboxylic acids is 1. The number of carboxylic acid groups (broad SMARTS) is 1. The topological polar surface area (TPSA) is 158 Å². The lowest BCUT2D eigenvalue weighted by molar-refractivity contribution is -0.898. The van der Waals surface area contributed by atoms with Crippen LogP contribution in [0, 0.1) is 0 Å². The molecule has 2 rings (SSSR count). The first kappa shape index (κ1) is 17.3. The van der Waals surface area contributed by atoms with Crippen molar-refractivity contribution >= 4 is 13.8 Å². The second-order valence-corrected chi connectivity index (χ2v) is 6.21. The molecule has 11 heteroatoms. The Hall–Kier alpha value is -1.10. The van der Waals surface area contributed by atoms with Crippen LogP contribution in [0.15, 0.2) is 23.9 Å². The summed E-state index contributed by atoms with van der Waals surface area (Å²) in [5, 5.41) is 28.8. The number of aliphatic hydroxyl groups excluding tert-OH is 2. The first-order valence-corrected chi connectivity index (χ1v) is 7.90. The molecule has 0 aliphatic carbocycles. The molecule has 5 atom stereocenters. The molecular formula is C11H17NO9P+. The molecular weight excluding hydrogens is 321 g/mol. The highest BCUT2D eigenvalue weighted by atomic mass is 31.2. The van der Waals surface area contributed by atoms with E-state index in [0.717, 1.165) is 0 Å². The van der Waals surface area contributed by atoms with E-state index in [-0.39, 0.29) is 12.1 Å². The van der Waals surface area contributed by atoms with Crippen molar-refractivity contribution in [2.24, 2.45) is 0 Å². The number of hydrogen-bond donors (Lipinski definition) is 6. The normalized spacial score (nSPS) is 35.5. The number of quaternary nitrogens is 1. The molecule has 2 heterocycles. The van der Waals surface area contributed by atoms with Gasteiger partial charge in [0.1, 0.15) is 18.8 Å². The fraction of sp³-hybridized carbons (Fsp3) is 0.545. The summed E-state index contributed by atoms with van der Waals surface area (Å²) in [6, 6.07) is 0. The molecule has 124 valence electrons. The standard InChI is InChI=1S/C11H16NO9P/c13-8-7(5-20-22(17,18)19)21-10(9(8)14)12-3-1-2-6(4-12)11(15)16/h1-3,7-10,13-14H,4-5H2,(H,15,16)(H2,17,18,19)/p+1. The number of nitrogens with one attached hydrogen (secondary N) is 1. The number of carbonyl (C=O) groups is 1. The zero-order chi connectivity index (χ0) is 16.5. The zero-order valence-corrected chi connectivity index (χ0v) is 12.2. The molecule has 0 aromatic carbocycles. The maximum atomic E-state index is 11.0. The van der Waals surface area contributed by atoms with Gasteiger partial charge in [-0.3, -0.25) is 9.42 Å². The number of allylic oxidation sites excluding steroid dienone is 2. The van der Waals surface area contributed by atoms with E-state index in [4.69, 9.17) is 19.6 Å². The molecule has 0 bridgehead atoms. The predicted octanol–water partition coefficient (Wildman–Crippen LogP) is -3.03. The third-order valence-electron chi connectivity index (χ3n) is 3.41. The third kappa shape index (κ3) is 4.00. The van der Waals surface area contributed by atoms with Gasteiger partial charge in [0.2, 0.25) is 6.23 Å². The van der Waals surface area contributed by atoms with Crippen LogP contribution in [0.2, 0.25) is 0 Å². The SMILES string of the molecule is O=C(O)C1=CC=C[NH+](C2OC(COP(=O)(O)O)C(O)C2O)C1. The molecule has 2 aliphatic rings. The Morgan fingerprint density at radius 1 is 1.41 bits per heavy atom. The molecule has 0 amide bonds. The van der Waals surface area contributed by atoms with Crippen molar-refractivity contribution in [2.75, 3.05) is 13.2 Å². The average Bonchev–Trinajstić information content (AvgIpc) is 2.72. The van der Waals surface area contributed by atoms with Gasteiger partial charge in [0.25, 0.3) is 0 Å². The van der Waals surface area contributed by atoms with Crippen LogP contribution in [-0.4, -0.2) is 68.8 Å². The lowest BCUT2D eigenvalue weighted by Gasteiger charge is -2.25. The van der Waals surface area contributed by atoms with Gasteiger partial charge in [-0.1, -0.05) is 0 Å². The molecule has 1 fully saturated rings. The molecule has 0 radical (unpaired) electrons. The zero-order valence-electron chi connectivity index (χ0n) is 11.3. The van der Waals surface area contributed by atoms with Gasteiger partial charge < -0.3 is 29.8 Å². The van der Waals surface area contributed by atoms with E-state index in [1.54, 1.807) is 6.20 Å². The maximum Gasteiger partial charge on any atom is 0.469 e. The lowest BCUT2D eigenvalue weighted by Crippen LogP contribution is -3.13. The number of aliphatic hydroxyl groups is 2. The number of phosphoric ester groups is 1. The van der Waals surface area contributed by atoms with Crippen LogP contribution in [0.1, 0.15) is 0 Å². The molecule has 0 aromatic rings. The summed E-state index contributed by atoms with van der Waals surface area (Å²) >= 11 is 0. The van der Waals surface area contributed by atoms with Crippen molar-refractivity contribution in [1.29, 1.82) is 0 Å². The van der Waals surface area contributed by atoms with E-state index in [0.29, 0.717) is 4.90 Å². The van der Waals surface area contributed by atoms with E-state index in [1.807, 2.05) is 0 Å². The fourth-order valence-electron chi connectivity index (χ4n) is 2.33. The van der Waals surface area contributed by atoms with Gasteiger partial charge in [0.05, 0.1) is 18.4 Å². The van der Waals surface area contributed by atoms with Crippen LogP contribution in [0.5, 0.6) is 0 Å². The van der Waals surface area contributed by atoms with Crippen LogP contribution in [0.25, 0.3) is 0 Å². The van der Waals surface area contributed by atoms with Gasteiger partial charge >= 0.3 is 13.8 Å². The molecule has 5 unspecified atom stereocenters. The van der Waals surface area contributed by atoms with E-state index in [9.17, 15) is 19.6 Å². The summed E-state index contributed by atoms with van der Waals surface area (Å²) < 4.78 is 20.3. The molecule has 0 spiro atoms. The summed E-state index contributed by atoms with van der Waals surface area (Å²) in [7, 11) is -4.72. The Kier molecular flexibility index (Phi) is 5.15. The van der Waals surface area contributed by atoms with Gasteiger partial charge in [-0.05, 0) is 12.2 Å². The van der Waals surface area contributed by atoms with Crippen LogP contribution in [-0.2, 0) is 18.6 Å². The minimum atomic E-state index is -4.72. The number of phosphoric acid groups is 1. The van der Waals surface area contributed by atoms with Crippen LogP contribution in [0.3, 0.4) is 0 Å². The predicted molar refractivity (Wildman–Crippen MR) is 69.4 cm³/mol. The van der Waals surface area contributed by atoms with Gasteiger partial charge in [0, 0.05) is 0 Å². The van der Waals surface area contributed by atoms with Gasteiger partial charge in [0.15, 0.2) is 6.10 Å². The van der Waals surface area contributed by atoms with Crippen LogP contribution < -0.4 is 4.90 Å². The summed E-state index contributed by atoms with van der Waals surface area (Å²) in [5.74, 6) is -1.10. The highest BCUT2D eigenvalue weighted by Gasteiger charge is 2.49. The largest absolute Gasteiger partial charge is 0.478 e. The maximum absolute atomic E-state index is 11.0. The lowest BCUT2D eigenvalue weighted by atomic mass is 10.1. The smallest absolute Gasteiger partial charge is 0.469 e. The van der Waals surface area contributed by atoms with Crippen molar-refractivity contribution in [3.05, 3.63) is 23.9 Å². The average molecular weight is 338 g/mol. The highest BCUT2D eigenvalue weighted by molar-refractivity contribution is 7.46. The summed E-state index contributed by atoms with van der Waals surface area (Å²) in [5.41, 5.74) is 0.109. The summed E-state index contributed by atoms with van der Waals surface area (Å²) in [6.07, 6.45) is -0.385. The van der Waals surface area contributed by atoms with Crippen molar-refractivity contribution in [2.45, 2.75) is 24.5 Å². The van der Waals surface area contributed by atoms with Crippen LogP contribution in [0.4, 0.5) is 0 Å². The monoisotopic (exact) mass is 338 g/mol. The van der Waals surface area contributed by atoms with Crippen molar-refractivity contribution < 1.29 is 48.6 Å². The molecule has 6 N–H and O–H groups in total. The molecule has 0 saturated carbocycles. The second-order valence-electron chi connectivity index (χ2n) is 4.97. The van der Waals surface area contributed by atoms with Crippen molar-refractivity contribution in [3.63, 3.8) is 0 Å². The Labute approximate surface area is 125 Å². The molecule has 0 aromatic heterocycles. The van der Waals surface area contributed by atoms with Crippen molar-refractivity contribution in [1.82, 2.24) is 0 Å². The van der Waals surface area contributed by atoms with Gasteiger partial charge in [-0.15, -0.1) is 0 Å². The van der Waals surface area contributed by atoms with Gasteiger partial charge in [-0.25, -0.2) is 9.36 Å². The van der Waals surface area contributed by atoms with E-state index in [1.165, 1.54) is 12.2 Å². The number of ether oxygens (including phenoxy) is 1. The quantitative estimate of drug-likeness (QED) is 0.287. The molecule has 22 heavy (non-hydrogen) atoms. The van der Waals surface area contributed by atoms with E-state index < -0.39 is 44.9 Å². The van der Waals surface area contributed by atoms with Crippen molar-refractivity contribution in [3.8, 4) is 0 Å². The Morgan fingerprint density at radius 2 is 2.09 bits per heavy atom. The first-order valence-electron chi connectivity index (χ1n) is 6.37. The minimum Gasteiger partial charge on any atom is -0.478 e.